The van der Waals surface area contributed by atoms with Crippen LogP contribution >= 0.6 is 0 Å². The lowest BCUT2D eigenvalue weighted by molar-refractivity contribution is -0.116. The topological polar surface area (TPSA) is 46.9 Å². The summed E-state index contributed by atoms with van der Waals surface area (Å²) < 4.78 is 1.86. The van der Waals surface area contributed by atoms with Gasteiger partial charge in [0.15, 0.2) is 0 Å². The SMILES string of the molecule is O=C(/C=C/c1cccc2ccccc12)NCCCn1cccn1. The summed E-state index contributed by atoms with van der Waals surface area (Å²) in [5.74, 6) is -0.0709. The number of amides is 1. The number of hydrogen-bond donors (Lipinski definition) is 1. The summed E-state index contributed by atoms with van der Waals surface area (Å²) in [6, 6.07) is 16.2. The van der Waals surface area contributed by atoms with E-state index in [0.717, 1.165) is 23.9 Å². The smallest absolute Gasteiger partial charge is 0.244 e. The fourth-order valence-corrected chi connectivity index (χ4v) is 2.51. The molecule has 0 bridgehead atoms. The number of fused-ring (bicyclic) bond motifs is 1. The molecule has 0 aliphatic rings. The lowest BCUT2D eigenvalue weighted by atomic mass is 10.0. The Morgan fingerprint density at radius 2 is 2.00 bits per heavy atom. The summed E-state index contributed by atoms with van der Waals surface area (Å²) in [5.41, 5.74) is 1.05. The third kappa shape index (κ3) is 4.07. The zero-order valence-electron chi connectivity index (χ0n) is 12.9. The van der Waals surface area contributed by atoms with E-state index in [4.69, 9.17) is 0 Å². The Bertz CT molecular complexity index is 801. The number of carbonyl (C=O) groups excluding carboxylic acids is 1. The predicted octanol–water partition coefficient (Wildman–Crippen LogP) is 3.26. The third-order valence-corrected chi connectivity index (χ3v) is 3.66. The normalized spacial score (nSPS) is 11.1. The van der Waals surface area contributed by atoms with Crippen molar-refractivity contribution in [3.05, 3.63) is 72.6 Å². The van der Waals surface area contributed by atoms with Gasteiger partial charge in [0.05, 0.1) is 0 Å². The standard InChI is InChI=1S/C19H19N3O/c23-19(20-12-4-14-22-15-5-13-21-22)11-10-17-8-3-7-16-6-1-2-9-18(16)17/h1-3,5-11,13,15H,4,12,14H2,(H,20,23)/b11-10+. The Balaban J connectivity index is 1.53. The minimum atomic E-state index is -0.0709. The summed E-state index contributed by atoms with van der Waals surface area (Å²) in [7, 11) is 0. The number of aromatic nitrogens is 2. The monoisotopic (exact) mass is 305 g/mol. The number of nitrogens with zero attached hydrogens (tertiary/aromatic N) is 2. The van der Waals surface area contributed by atoms with Crippen LogP contribution in [0.25, 0.3) is 16.8 Å². The van der Waals surface area contributed by atoms with Crippen molar-refractivity contribution >= 4 is 22.8 Å². The van der Waals surface area contributed by atoms with Gasteiger partial charge in [-0.15, -0.1) is 0 Å². The molecule has 2 aromatic carbocycles. The molecule has 0 aliphatic heterocycles. The highest BCUT2D eigenvalue weighted by Gasteiger charge is 1.99. The number of rotatable bonds is 6. The van der Waals surface area contributed by atoms with E-state index in [1.165, 1.54) is 5.39 Å². The number of benzene rings is 2. The highest BCUT2D eigenvalue weighted by molar-refractivity contribution is 5.96. The lowest BCUT2D eigenvalue weighted by Crippen LogP contribution is -2.23. The van der Waals surface area contributed by atoms with Crippen LogP contribution in [0.2, 0.25) is 0 Å². The van der Waals surface area contributed by atoms with Crippen LogP contribution in [-0.4, -0.2) is 22.2 Å². The molecular formula is C19H19N3O. The molecule has 116 valence electrons. The summed E-state index contributed by atoms with van der Waals surface area (Å²) >= 11 is 0. The zero-order chi connectivity index (χ0) is 15.9. The van der Waals surface area contributed by atoms with E-state index in [9.17, 15) is 4.79 Å². The highest BCUT2D eigenvalue weighted by Crippen LogP contribution is 2.19. The van der Waals surface area contributed by atoms with Crippen molar-refractivity contribution < 1.29 is 4.79 Å². The number of aryl methyl sites for hydroxylation is 1. The van der Waals surface area contributed by atoms with Gasteiger partial charge in [-0.3, -0.25) is 9.48 Å². The Hall–Kier alpha value is -2.88. The van der Waals surface area contributed by atoms with E-state index in [1.54, 1.807) is 12.3 Å². The maximum atomic E-state index is 11.9. The molecule has 0 atom stereocenters. The molecule has 0 unspecified atom stereocenters. The van der Waals surface area contributed by atoms with Gasteiger partial charge in [0.25, 0.3) is 0 Å². The van der Waals surface area contributed by atoms with Gasteiger partial charge in [-0.05, 0) is 34.9 Å². The van der Waals surface area contributed by atoms with Crippen molar-refractivity contribution in [1.82, 2.24) is 15.1 Å². The van der Waals surface area contributed by atoms with Gasteiger partial charge in [0, 0.05) is 31.6 Å². The Morgan fingerprint density at radius 1 is 1.13 bits per heavy atom. The summed E-state index contributed by atoms with van der Waals surface area (Å²) in [4.78, 5) is 11.9. The van der Waals surface area contributed by atoms with Crippen molar-refractivity contribution in [3.8, 4) is 0 Å². The Kier molecular flexibility index (Phi) is 4.84. The lowest BCUT2D eigenvalue weighted by Gasteiger charge is -2.04. The Labute approximate surface area is 135 Å². The average molecular weight is 305 g/mol. The van der Waals surface area contributed by atoms with E-state index in [0.29, 0.717) is 6.54 Å². The third-order valence-electron chi connectivity index (χ3n) is 3.66. The van der Waals surface area contributed by atoms with Crippen molar-refractivity contribution in [2.45, 2.75) is 13.0 Å². The first-order valence-electron chi connectivity index (χ1n) is 7.74. The van der Waals surface area contributed by atoms with Crippen LogP contribution in [0.3, 0.4) is 0 Å². The quantitative estimate of drug-likeness (QED) is 0.561. The average Bonchev–Trinajstić information content (AvgIpc) is 3.10. The molecular weight excluding hydrogens is 286 g/mol. The van der Waals surface area contributed by atoms with Crippen LogP contribution in [0.4, 0.5) is 0 Å². The number of hydrogen-bond acceptors (Lipinski definition) is 2. The van der Waals surface area contributed by atoms with Gasteiger partial charge >= 0.3 is 0 Å². The minimum Gasteiger partial charge on any atom is -0.352 e. The van der Waals surface area contributed by atoms with Crippen LogP contribution in [0.1, 0.15) is 12.0 Å². The van der Waals surface area contributed by atoms with Gasteiger partial charge in [-0.1, -0.05) is 42.5 Å². The van der Waals surface area contributed by atoms with Crippen molar-refractivity contribution in [2.24, 2.45) is 0 Å². The van der Waals surface area contributed by atoms with Gasteiger partial charge in [0.2, 0.25) is 5.91 Å². The Morgan fingerprint density at radius 3 is 2.87 bits per heavy atom. The molecule has 0 fully saturated rings. The molecule has 4 nitrogen and oxygen atoms in total. The maximum absolute atomic E-state index is 11.9. The predicted molar refractivity (Wildman–Crippen MR) is 92.8 cm³/mol. The van der Waals surface area contributed by atoms with E-state index in [2.05, 4.69) is 28.6 Å². The molecule has 0 aliphatic carbocycles. The first-order chi connectivity index (χ1) is 11.3. The zero-order valence-corrected chi connectivity index (χ0v) is 12.9. The second-order valence-electron chi connectivity index (χ2n) is 5.32. The van der Waals surface area contributed by atoms with Gasteiger partial charge in [-0.2, -0.15) is 5.10 Å². The second-order valence-corrected chi connectivity index (χ2v) is 5.32. The van der Waals surface area contributed by atoms with Gasteiger partial charge in [0.1, 0.15) is 0 Å². The molecule has 1 N–H and O–H groups in total. The van der Waals surface area contributed by atoms with Crippen LogP contribution < -0.4 is 5.32 Å². The summed E-state index contributed by atoms with van der Waals surface area (Å²) in [6.07, 6.45) is 7.99. The fraction of sp³-hybridized carbons (Fsp3) is 0.158. The van der Waals surface area contributed by atoms with Crippen LogP contribution in [-0.2, 0) is 11.3 Å². The molecule has 0 radical (unpaired) electrons. The molecule has 23 heavy (non-hydrogen) atoms. The molecule has 1 amide bonds. The van der Waals surface area contributed by atoms with E-state index in [1.807, 2.05) is 47.3 Å². The van der Waals surface area contributed by atoms with E-state index >= 15 is 0 Å². The minimum absolute atomic E-state index is 0.0709. The number of nitrogens with one attached hydrogen (secondary N) is 1. The second kappa shape index (κ2) is 7.40. The van der Waals surface area contributed by atoms with Crippen LogP contribution in [0.5, 0.6) is 0 Å². The van der Waals surface area contributed by atoms with Crippen LogP contribution in [0, 0.1) is 0 Å². The summed E-state index contributed by atoms with van der Waals surface area (Å²) in [6.45, 7) is 1.44. The highest BCUT2D eigenvalue weighted by atomic mass is 16.1. The van der Waals surface area contributed by atoms with Crippen molar-refractivity contribution in [3.63, 3.8) is 0 Å². The van der Waals surface area contributed by atoms with E-state index < -0.39 is 0 Å². The van der Waals surface area contributed by atoms with Gasteiger partial charge < -0.3 is 5.32 Å². The molecule has 3 aromatic rings. The first kappa shape index (κ1) is 15.0. The molecule has 3 rings (SSSR count). The summed E-state index contributed by atoms with van der Waals surface area (Å²) in [5, 5.41) is 9.35. The molecule has 4 heteroatoms. The number of carbonyl (C=O) groups is 1. The van der Waals surface area contributed by atoms with Crippen molar-refractivity contribution in [2.75, 3.05) is 6.54 Å². The van der Waals surface area contributed by atoms with E-state index in [-0.39, 0.29) is 5.91 Å². The van der Waals surface area contributed by atoms with Crippen molar-refractivity contribution in [1.29, 1.82) is 0 Å². The molecule has 0 saturated carbocycles. The fourth-order valence-electron chi connectivity index (χ4n) is 2.51. The van der Waals surface area contributed by atoms with Gasteiger partial charge in [-0.25, -0.2) is 0 Å². The first-order valence-corrected chi connectivity index (χ1v) is 7.74. The molecule has 0 spiro atoms. The largest absolute Gasteiger partial charge is 0.352 e. The molecule has 1 heterocycles. The van der Waals surface area contributed by atoms with Crippen LogP contribution in [0.15, 0.2) is 67.0 Å². The molecule has 1 aromatic heterocycles. The maximum Gasteiger partial charge on any atom is 0.244 e. The molecule has 0 saturated heterocycles.